The highest BCUT2D eigenvalue weighted by Crippen LogP contribution is 2.33. The molecule has 1 atom stereocenters. The van der Waals surface area contributed by atoms with E-state index in [0.29, 0.717) is 22.1 Å². The van der Waals surface area contributed by atoms with Crippen LogP contribution in [0.3, 0.4) is 0 Å². The average molecular weight is 396 g/mol. The lowest BCUT2D eigenvalue weighted by Gasteiger charge is -2.21. The molecule has 144 valence electrons. The molecule has 0 fully saturated rings. The van der Waals surface area contributed by atoms with Crippen LogP contribution in [0.15, 0.2) is 72.8 Å². The summed E-state index contributed by atoms with van der Waals surface area (Å²) in [5.41, 5.74) is 2.44. The number of hydrogen-bond donors (Lipinski definition) is 1. The molecule has 0 saturated carbocycles. The van der Waals surface area contributed by atoms with Crippen molar-refractivity contribution in [3.05, 3.63) is 88.9 Å². The molecular weight excluding hydrogens is 374 g/mol. The molecule has 0 spiro atoms. The maximum absolute atomic E-state index is 12.8. The van der Waals surface area contributed by atoms with Gasteiger partial charge in [-0.25, -0.2) is 0 Å². The normalized spacial score (nSPS) is 11.5. The van der Waals surface area contributed by atoms with Gasteiger partial charge in [-0.05, 0) is 35.9 Å². The Morgan fingerprint density at radius 2 is 1.68 bits per heavy atom. The molecule has 0 aliphatic rings. The molecule has 0 bridgehead atoms. The molecule has 0 aromatic heterocycles. The van der Waals surface area contributed by atoms with E-state index in [1.54, 1.807) is 14.2 Å². The van der Waals surface area contributed by atoms with Crippen molar-refractivity contribution in [2.45, 2.75) is 12.5 Å². The van der Waals surface area contributed by atoms with Crippen molar-refractivity contribution in [2.75, 3.05) is 19.5 Å². The fourth-order valence-corrected chi connectivity index (χ4v) is 3.22. The number of benzene rings is 3. The number of ether oxygens (including phenoxy) is 2. The summed E-state index contributed by atoms with van der Waals surface area (Å²) in [6.45, 7) is 0. The van der Waals surface area contributed by atoms with Crippen molar-refractivity contribution in [2.24, 2.45) is 0 Å². The largest absolute Gasteiger partial charge is 0.493 e. The third kappa shape index (κ3) is 4.84. The molecule has 0 saturated heterocycles. The van der Waals surface area contributed by atoms with Crippen LogP contribution < -0.4 is 14.8 Å². The zero-order valence-corrected chi connectivity index (χ0v) is 16.6. The molecule has 1 N–H and O–H groups in total. The second kappa shape index (κ2) is 9.29. The van der Waals surface area contributed by atoms with Crippen LogP contribution in [0.4, 0.5) is 5.69 Å². The minimum atomic E-state index is -0.258. The predicted octanol–water partition coefficient (Wildman–Crippen LogP) is 5.78. The van der Waals surface area contributed by atoms with Crippen LogP contribution in [0.25, 0.3) is 0 Å². The Bertz CT molecular complexity index is 944. The summed E-state index contributed by atoms with van der Waals surface area (Å²) in [5.74, 6) is 1.31. The Morgan fingerprint density at radius 3 is 2.36 bits per heavy atom. The number of rotatable bonds is 8. The van der Waals surface area contributed by atoms with Crippen LogP contribution in [0.5, 0.6) is 11.5 Å². The third-order valence-corrected chi connectivity index (χ3v) is 4.70. The lowest BCUT2D eigenvalue weighted by atomic mass is 9.97. The number of hydrogen-bond acceptors (Lipinski definition) is 4. The molecule has 1 unspecified atom stereocenters. The molecule has 3 rings (SSSR count). The lowest BCUT2D eigenvalue weighted by molar-refractivity contribution is 0.0976. The van der Waals surface area contributed by atoms with Crippen LogP contribution in [0.1, 0.15) is 28.4 Å². The summed E-state index contributed by atoms with van der Waals surface area (Å²) in [4.78, 5) is 12.8. The van der Waals surface area contributed by atoms with Crippen LogP contribution in [-0.2, 0) is 0 Å². The molecule has 5 heteroatoms. The smallest absolute Gasteiger partial charge is 0.165 e. The van der Waals surface area contributed by atoms with E-state index in [4.69, 9.17) is 21.1 Å². The highest BCUT2D eigenvalue weighted by atomic mass is 35.5. The van der Waals surface area contributed by atoms with Gasteiger partial charge >= 0.3 is 0 Å². The number of ketones is 1. The van der Waals surface area contributed by atoms with E-state index < -0.39 is 0 Å². The first kappa shape index (κ1) is 19.8. The van der Waals surface area contributed by atoms with E-state index in [1.807, 2.05) is 72.8 Å². The van der Waals surface area contributed by atoms with Gasteiger partial charge in [-0.15, -0.1) is 0 Å². The van der Waals surface area contributed by atoms with Gasteiger partial charge in [-0.3, -0.25) is 4.79 Å². The summed E-state index contributed by atoms with van der Waals surface area (Å²) < 4.78 is 10.8. The molecule has 4 nitrogen and oxygen atoms in total. The fraction of sp³-hybridized carbons (Fsp3) is 0.174. The molecule has 28 heavy (non-hydrogen) atoms. The van der Waals surface area contributed by atoms with Crippen LogP contribution >= 0.6 is 11.6 Å². The van der Waals surface area contributed by atoms with Crippen molar-refractivity contribution in [3.63, 3.8) is 0 Å². The number of methoxy groups -OCH3 is 2. The standard InChI is InChI=1S/C23H22ClNO3/c1-27-22-12-11-17(13-23(22)28-2)20(25-19-10-6-9-18(24)14-19)15-21(26)16-7-4-3-5-8-16/h3-14,20,25H,15H2,1-2H3. The number of nitrogens with one attached hydrogen (secondary N) is 1. The minimum Gasteiger partial charge on any atom is -0.493 e. The Kier molecular flexibility index (Phi) is 6.56. The SMILES string of the molecule is COc1ccc(C(CC(=O)c2ccccc2)Nc2cccc(Cl)c2)cc1OC. The highest BCUT2D eigenvalue weighted by Gasteiger charge is 2.19. The van der Waals surface area contributed by atoms with Crippen molar-refractivity contribution >= 4 is 23.1 Å². The van der Waals surface area contributed by atoms with E-state index in [-0.39, 0.29) is 18.2 Å². The first-order chi connectivity index (χ1) is 13.6. The van der Waals surface area contributed by atoms with E-state index in [2.05, 4.69) is 5.32 Å². The highest BCUT2D eigenvalue weighted by molar-refractivity contribution is 6.30. The van der Waals surface area contributed by atoms with Crippen molar-refractivity contribution in [1.29, 1.82) is 0 Å². The summed E-state index contributed by atoms with van der Waals surface area (Å²) in [5, 5.41) is 4.05. The van der Waals surface area contributed by atoms with Gasteiger partial charge in [0.1, 0.15) is 0 Å². The maximum atomic E-state index is 12.8. The number of anilines is 1. The second-order valence-electron chi connectivity index (χ2n) is 6.32. The molecule has 0 aliphatic heterocycles. The first-order valence-corrected chi connectivity index (χ1v) is 9.31. The summed E-state index contributed by atoms with van der Waals surface area (Å²) in [6.07, 6.45) is 0.284. The summed E-state index contributed by atoms with van der Waals surface area (Å²) in [6, 6.07) is 22.1. The first-order valence-electron chi connectivity index (χ1n) is 8.93. The number of halogens is 1. The Hall–Kier alpha value is -2.98. The molecule has 0 amide bonds. The monoisotopic (exact) mass is 395 g/mol. The number of Topliss-reactive ketones (excluding diaryl/α,β-unsaturated/α-hetero) is 1. The summed E-state index contributed by atoms with van der Waals surface area (Å²) >= 11 is 6.12. The quantitative estimate of drug-likeness (QED) is 0.491. The zero-order valence-electron chi connectivity index (χ0n) is 15.8. The van der Waals surface area contributed by atoms with Crippen LogP contribution in [-0.4, -0.2) is 20.0 Å². The second-order valence-corrected chi connectivity index (χ2v) is 6.75. The number of carbonyl (C=O) groups excluding carboxylic acids is 1. The van der Waals surface area contributed by atoms with Crippen LogP contribution in [0.2, 0.25) is 5.02 Å². The van der Waals surface area contributed by atoms with Gasteiger partial charge in [-0.1, -0.05) is 54.1 Å². The van der Waals surface area contributed by atoms with Gasteiger partial charge in [-0.2, -0.15) is 0 Å². The molecule has 0 heterocycles. The molecule has 0 radical (unpaired) electrons. The average Bonchev–Trinajstić information content (AvgIpc) is 2.73. The van der Waals surface area contributed by atoms with Gasteiger partial charge in [0.15, 0.2) is 17.3 Å². The Labute approximate surface area is 170 Å². The summed E-state index contributed by atoms with van der Waals surface area (Å²) in [7, 11) is 3.19. The predicted molar refractivity (Wildman–Crippen MR) is 113 cm³/mol. The molecule has 0 aliphatic carbocycles. The third-order valence-electron chi connectivity index (χ3n) is 4.46. The Balaban J connectivity index is 1.93. The van der Waals surface area contributed by atoms with Gasteiger partial charge in [0.25, 0.3) is 0 Å². The van der Waals surface area contributed by atoms with Crippen molar-refractivity contribution < 1.29 is 14.3 Å². The van der Waals surface area contributed by atoms with E-state index >= 15 is 0 Å². The minimum absolute atomic E-state index is 0.0508. The van der Waals surface area contributed by atoms with Crippen LogP contribution in [0, 0.1) is 0 Å². The number of carbonyl (C=O) groups is 1. The fourth-order valence-electron chi connectivity index (χ4n) is 3.03. The van der Waals surface area contributed by atoms with Crippen molar-refractivity contribution in [3.8, 4) is 11.5 Å². The topological polar surface area (TPSA) is 47.6 Å². The van der Waals surface area contributed by atoms with Gasteiger partial charge in [0, 0.05) is 22.7 Å². The molecular formula is C23H22ClNO3. The van der Waals surface area contributed by atoms with Gasteiger partial charge in [0.2, 0.25) is 0 Å². The van der Waals surface area contributed by atoms with E-state index in [9.17, 15) is 4.79 Å². The van der Waals surface area contributed by atoms with E-state index in [0.717, 1.165) is 11.3 Å². The van der Waals surface area contributed by atoms with Crippen molar-refractivity contribution in [1.82, 2.24) is 0 Å². The van der Waals surface area contributed by atoms with Gasteiger partial charge < -0.3 is 14.8 Å². The zero-order chi connectivity index (χ0) is 19.9. The molecule has 3 aromatic carbocycles. The van der Waals surface area contributed by atoms with Gasteiger partial charge in [0.05, 0.1) is 20.3 Å². The lowest BCUT2D eigenvalue weighted by Crippen LogP contribution is -2.16. The molecule has 3 aromatic rings. The maximum Gasteiger partial charge on any atom is 0.165 e. The van der Waals surface area contributed by atoms with E-state index in [1.165, 1.54) is 0 Å². The Morgan fingerprint density at radius 1 is 0.929 bits per heavy atom.